The molecule has 0 radical (unpaired) electrons. The van der Waals surface area contributed by atoms with Gasteiger partial charge in [0.25, 0.3) is 0 Å². The number of hydrogen-bond acceptors (Lipinski definition) is 4. The summed E-state index contributed by atoms with van der Waals surface area (Å²) < 4.78 is 9.66. The summed E-state index contributed by atoms with van der Waals surface area (Å²) in [5.74, 6) is 2.39. The van der Waals surface area contributed by atoms with Gasteiger partial charge in [0.1, 0.15) is 17.3 Å². The Kier molecular flexibility index (Phi) is 14.1. The van der Waals surface area contributed by atoms with Gasteiger partial charge in [0.2, 0.25) is 0 Å². The first-order valence-corrected chi connectivity index (χ1v) is 29.4. The predicted molar refractivity (Wildman–Crippen MR) is 347 cm³/mol. The smallest absolute Gasteiger partial charge is 0.137 e. The number of aromatic nitrogens is 2. The van der Waals surface area contributed by atoms with Crippen molar-refractivity contribution in [2.24, 2.45) is 0 Å². The molecule has 0 fully saturated rings. The molecule has 416 valence electrons. The molecule has 2 aromatic heterocycles. The highest BCUT2D eigenvalue weighted by atomic mass is 16.5. The van der Waals surface area contributed by atoms with Gasteiger partial charge in [0, 0.05) is 56.7 Å². The van der Waals surface area contributed by atoms with Crippen molar-refractivity contribution in [1.29, 1.82) is 0 Å². The Labute approximate surface area is 489 Å². The van der Waals surface area contributed by atoms with E-state index in [9.17, 15) is 0 Å². The van der Waals surface area contributed by atoms with Gasteiger partial charge in [-0.15, -0.1) is 0 Å². The van der Waals surface area contributed by atoms with Crippen molar-refractivity contribution in [1.82, 2.24) is 9.55 Å². The molecule has 0 unspecified atom stereocenters. The van der Waals surface area contributed by atoms with E-state index in [0.29, 0.717) is 6.67 Å². The van der Waals surface area contributed by atoms with Crippen LogP contribution in [-0.2, 0) is 32.5 Å². The Balaban J connectivity index is 1.11. The van der Waals surface area contributed by atoms with E-state index < -0.39 is 10.8 Å². The second kappa shape index (κ2) is 20.7. The topological polar surface area (TPSA) is 33.5 Å². The van der Waals surface area contributed by atoms with Crippen LogP contribution in [0.15, 0.2) is 224 Å². The Morgan fingerprint density at radius 1 is 0.341 bits per heavy atom. The van der Waals surface area contributed by atoms with Gasteiger partial charge >= 0.3 is 0 Å². The molecule has 3 heterocycles. The summed E-state index contributed by atoms with van der Waals surface area (Å²) in [5, 5.41) is 2.29. The van der Waals surface area contributed by atoms with Crippen LogP contribution < -0.4 is 14.5 Å². The minimum Gasteiger partial charge on any atom is -0.457 e. The van der Waals surface area contributed by atoms with Gasteiger partial charge in [-0.2, -0.15) is 0 Å². The highest BCUT2D eigenvalue weighted by Crippen LogP contribution is 2.52. The Bertz CT molecular complexity index is 3960. The first kappa shape index (κ1) is 55.7. The van der Waals surface area contributed by atoms with Crippen LogP contribution in [0.1, 0.15) is 143 Å². The van der Waals surface area contributed by atoms with Gasteiger partial charge in [-0.05, 0) is 127 Å². The number of benzene rings is 8. The van der Waals surface area contributed by atoms with Gasteiger partial charge < -0.3 is 14.5 Å². The molecular formula is C77H82N4O. The predicted octanol–water partition coefficient (Wildman–Crippen LogP) is 20.3. The van der Waals surface area contributed by atoms with Crippen LogP contribution in [0.2, 0.25) is 0 Å². The van der Waals surface area contributed by atoms with Crippen LogP contribution >= 0.6 is 0 Å². The van der Waals surface area contributed by atoms with E-state index in [1.165, 1.54) is 67.2 Å². The first-order valence-electron chi connectivity index (χ1n) is 29.4. The van der Waals surface area contributed by atoms with E-state index in [1.54, 1.807) is 0 Å². The zero-order chi connectivity index (χ0) is 58.1. The van der Waals surface area contributed by atoms with Crippen LogP contribution in [0.3, 0.4) is 0 Å². The number of anilines is 2. The average Bonchev–Trinajstić information content (AvgIpc) is 2.16. The van der Waals surface area contributed by atoms with Crippen LogP contribution in [0.5, 0.6) is 11.5 Å². The molecule has 0 bridgehead atoms. The number of hydrogen-bond donors (Lipinski definition) is 0. The molecule has 5 heteroatoms. The third-order valence-corrected chi connectivity index (χ3v) is 17.5. The lowest BCUT2D eigenvalue weighted by atomic mass is 9.73. The molecule has 0 saturated carbocycles. The van der Waals surface area contributed by atoms with Crippen molar-refractivity contribution < 1.29 is 4.74 Å². The summed E-state index contributed by atoms with van der Waals surface area (Å²) >= 11 is 0. The van der Waals surface area contributed by atoms with Crippen LogP contribution in [0, 0.1) is 0 Å². The number of rotatable bonds is 12. The van der Waals surface area contributed by atoms with Crippen molar-refractivity contribution >= 4 is 33.2 Å². The van der Waals surface area contributed by atoms with Crippen LogP contribution in [0.4, 0.5) is 11.4 Å². The number of pyridine rings is 1. The Hall–Kier alpha value is -8.15. The van der Waals surface area contributed by atoms with E-state index in [-0.39, 0.29) is 21.7 Å². The quantitative estimate of drug-likeness (QED) is 0.122. The van der Waals surface area contributed by atoms with E-state index >= 15 is 0 Å². The fourth-order valence-electron chi connectivity index (χ4n) is 12.3. The Morgan fingerprint density at radius 3 is 1.33 bits per heavy atom. The highest BCUT2D eigenvalue weighted by molar-refractivity contribution is 6.10. The fraction of sp³-hybridized carbons (Fsp3) is 0.286. The van der Waals surface area contributed by atoms with Gasteiger partial charge in [0.05, 0.1) is 29.1 Å². The molecular weight excluding hydrogens is 997 g/mol. The minimum absolute atomic E-state index is 0.0734. The molecule has 1 aliphatic rings. The summed E-state index contributed by atoms with van der Waals surface area (Å²) in [4.78, 5) is 10.4. The lowest BCUT2D eigenvalue weighted by Gasteiger charge is -2.39. The summed E-state index contributed by atoms with van der Waals surface area (Å²) in [7, 11) is 0. The molecule has 0 saturated heterocycles. The van der Waals surface area contributed by atoms with Gasteiger partial charge in [-0.1, -0.05) is 237 Å². The zero-order valence-corrected chi connectivity index (χ0v) is 51.1. The fourth-order valence-corrected chi connectivity index (χ4v) is 12.3. The molecule has 5 nitrogen and oxygen atoms in total. The maximum absolute atomic E-state index is 7.33. The molecule has 8 aromatic carbocycles. The highest BCUT2D eigenvalue weighted by Gasteiger charge is 2.47. The molecule has 10 aromatic rings. The average molecular weight is 1080 g/mol. The van der Waals surface area contributed by atoms with Crippen molar-refractivity contribution in [3.8, 4) is 28.4 Å². The van der Waals surface area contributed by atoms with Crippen LogP contribution in [0.25, 0.3) is 38.8 Å². The van der Waals surface area contributed by atoms with Crippen molar-refractivity contribution in [2.45, 2.75) is 136 Å². The molecule has 0 atom stereocenters. The molecule has 11 rings (SSSR count). The van der Waals surface area contributed by atoms with E-state index in [4.69, 9.17) is 9.72 Å². The second-order valence-electron chi connectivity index (χ2n) is 27.5. The van der Waals surface area contributed by atoms with E-state index in [2.05, 4.69) is 324 Å². The van der Waals surface area contributed by atoms with Gasteiger partial charge in [-0.25, -0.2) is 4.98 Å². The number of nitrogens with zero attached hydrogens (tertiary/aromatic N) is 4. The monoisotopic (exact) mass is 1080 g/mol. The third-order valence-electron chi connectivity index (χ3n) is 17.5. The number of ether oxygens (including phenoxy) is 1. The number of allylic oxidation sites excluding steroid dienone is 2. The first-order chi connectivity index (χ1) is 38.8. The second-order valence-corrected chi connectivity index (χ2v) is 27.5. The lowest BCUT2D eigenvalue weighted by Crippen LogP contribution is -2.35. The summed E-state index contributed by atoms with van der Waals surface area (Å²) in [5.41, 5.74) is 16.6. The van der Waals surface area contributed by atoms with Crippen molar-refractivity contribution in [3.63, 3.8) is 0 Å². The van der Waals surface area contributed by atoms with E-state index in [0.717, 1.165) is 44.8 Å². The largest absolute Gasteiger partial charge is 0.457 e. The maximum atomic E-state index is 7.33. The van der Waals surface area contributed by atoms with Crippen LogP contribution in [-0.4, -0.2) is 16.2 Å². The third kappa shape index (κ3) is 10.4. The molecule has 0 N–H and O–H groups in total. The minimum atomic E-state index is -0.453. The summed E-state index contributed by atoms with van der Waals surface area (Å²) in [6, 6.07) is 75.8. The standard InChI is InChI=1S/C77H82N4O/c1-72(2,3)58-43-59(73(4,5)6)45-61(44-58)79-51-80(71(77(14,15)56-34-26-19-27-35-56)70(79)76(12,13)55-32-24-18-25-33-55)62-46-60(74(7,8)9)47-64(49-62)82-63-37-38-65-66-42-53(52-28-20-16-21-29-52)36-39-67(66)81(68(65)50-63)69-48-57(40-41-78-69)75(10,11)54-30-22-17-23-31-54/h16-50H,51H2,1-15H3. The summed E-state index contributed by atoms with van der Waals surface area (Å²) in [6.45, 7) is 35.8. The summed E-state index contributed by atoms with van der Waals surface area (Å²) in [6.07, 6.45) is 1.96. The Morgan fingerprint density at radius 2 is 0.817 bits per heavy atom. The zero-order valence-electron chi connectivity index (χ0n) is 51.1. The maximum Gasteiger partial charge on any atom is 0.137 e. The van der Waals surface area contributed by atoms with Crippen molar-refractivity contribution in [2.75, 3.05) is 16.5 Å². The van der Waals surface area contributed by atoms with Gasteiger partial charge in [-0.3, -0.25) is 4.57 Å². The van der Waals surface area contributed by atoms with Crippen molar-refractivity contribution in [3.05, 3.63) is 263 Å². The normalized spacial score (nSPS) is 13.9. The van der Waals surface area contributed by atoms with Gasteiger partial charge in [0.15, 0.2) is 0 Å². The SMILES string of the molecule is CC(C)(C)c1cc(Oc2ccc3c4cc(-c5ccccc5)ccc4n(-c4cc(C(C)(C)c5ccccc5)ccn4)c3c2)cc(N2CN(c3cc(C(C)(C)C)cc(C(C)(C)C)c3)C(C(C)(C)c3ccccc3)=C2C(C)(C)c2ccccc2)c1. The lowest BCUT2D eigenvalue weighted by molar-refractivity contribution is 0.479. The number of fused-ring (bicyclic) bond motifs is 3. The molecule has 0 aliphatic carbocycles. The molecule has 0 amide bonds. The molecule has 82 heavy (non-hydrogen) atoms. The molecule has 0 spiro atoms. The van der Waals surface area contributed by atoms with E-state index in [1.807, 2.05) is 6.20 Å². The molecule has 1 aliphatic heterocycles.